The summed E-state index contributed by atoms with van der Waals surface area (Å²) in [6.07, 6.45) is 4.61. The van der Waals surface area contributed by atoms with Gasteiger partial charge >= 0.3 is 0 Å². The van der Waals surface area contributed by atoms with Gasteiger partial charge in [-0.05, 0) is 76.8 Å². The molecule has 3 heterocycles. The molecule has 1 radical (unpaired) electrons. The van der Waals surface area contributed by atoms with Crippen molar-refractivity contribution < 1.29 is 28.6 Å². The van der Waals surface area contributed by atoms with Crippen molar-refractivity contribution in [3.8, 4) is 33.8 Å². The number of aromatic nitrogens is 3. The maximum absolute atomic E-state index is 7.23. The topological polar surface area (TPSA) is 43.9 Å². The monoisotopic (exact) mass is 861 g/mol. The second-order valence-corrected chi connectivity index (χ2v) is 13.6. The molecule has 0 fully saturated rings. The second-order valence-electron chi connectivity index (χ2n) is 13.6. The molecule has 8 aromatic rings. The number of rotatable bonds is 7. The summed E-state index contributed by atoms with van der Waals surface area (Å²) in [4.78, 5) is 9.27. The summed E-state index contributed by atoms with van der Waals surface area (Å²) in [7, 11) is 0. The van der Waals surface area contributed by atoms with Gasteiger partial charge in [-0.3, -0.25) is 4.98 Å². The first kappa shape index (κ1) is 32.8. The minimum atomic E-state index is -2.09. The fourth-order valence-electron chi connectivity index (χ4n) is 6.73. The molecule has 4 nitrogen and oxygen atoms in total. The first-order valence-electron chi connectivity index (χ1n) is 19.0. The Morgan fingerprint density at radius 3 is 2.17 bits per heavy atom. The van der Waals surface area contributed by atoms with Crippen LogP contribution in [0.3, 0.4) is 0 Å². The zero-order valence-electron chi connectivity index (χ0n) is 33.1. The molecule has 0 atom stereocenters. The number of imidazole rings is 1. The van der Waals surface area contributed by atoms with E-state index >= 15 is 0 Å². The molecule has 52 heavy (non-hydrogen) atoms. The van der Waals surface area contributed by atoms with Crippen LogP contribution in [-0.4, -0.2) is 14.5 Å². The third-order valence-electron chi connectivity index (χ3n) is 9.27. The Balaban J connectivity index is 0.000000254. The molecule has 0 N–H and O–H groups in total. The van der Waals surface area contributed by atoms with E-state index in [0.717, 1.165) is 56.8 Å². The number of pyridine rings is 1. The molecular weight excluding hydrogens is 815 g/mol. The maximum atomic E-state index is 7.23. The molecule has 8 rings (SSSR count). The number of hydrogen-bond donors (Lipinski definition) is 0. The summed E-state index contributed by atoms with van der Waals surface area (Å²) in [5.74, 6) is 1.74. The van der Waals surface area contributed by atoms with Crippen LogP contribution in [-0.2, 0) is 26.7 Å². The molecule has 3 aromatic heterocycles. The van der Waals surface area contributed by atoms with Gasteiger partial charge in [0, 0.05) is 48.8 Å². The van der Waals surface area contributed by atoms with Crippen LogP contribution in [0.15, 0.2) is 132 Å². The van der Waals surface area contributed by atoms with Gasteiger partial charge in [0.2, 0.25) is 0 Å². The SMILES string of the molecule is Cc1cc(C(C)C)c(Cn2c(-c3[c-]oc4ccc(-c5ccccc5)cc34)nc3ccccc32)c(C(C)C)c1.[2H]C([2H])([2H])c1ccc(-c2[c-]cccc2)nc1.[Ir]. The fraction of sp³-hybridized carbons (Fsp3) is 0.191. The molecule has 0 amide bonds. The summed E-state index contributed by atoms with van der Waals surface area (Å²) in [6.45, 7) is 10.0. The number of benzene rings is 5. The molecule has 263 valence electrons. The predicted molar refractivity (Wildman–Crippen MR) is 211 cm³/mol. The van der Waals surface area contributed by atoms with Crippen molar-refractivity contribution >= 4 is 22.0 Å². The fourth-order valence-corrected chi connectivity index (χ4v) is 6.73. The standard InChI is InChI=1S/C35H33N2O.C12H10N.Ir/c1-22(2)27-17-24(5)18-28(23(3)4)30(27)20-37-33-14-10-9-13-32(33)36-35(37)31-21-38-34-16-15-26(19-29(31)34)25-11-7-6-8-12-25;1-10-7-8-12(13-9-10)11-5-3-2-4-6-11;/h6-19,22-23H,20H2,1-5H3;2-5,7-9H,1H3;/q2*-1;/i;1D3;. The Bertz CT molecular complexity index is 2490. The van der Waals surface area contributed by atoms with Gasteiger partial charge < -0.3 is 14.0 Å². The zero-order chi connectivity index (χ0) is 38.0. The van der Waals surface area contributed by atoms with Gasteiger partial charge in [-0.1, -0.05) is 129 Å². The maximum Gasteiger partial charge on any atom is 0.0770 e. The van der Waals surface area contributed by atoms with Crippen LogP contribution in [0.1, 0.15) is 71.5 Å². The molecule has 0 saturated heterocycles. The Labute approximate surface area is 325 Å². The van der Waals surface area contributed by atoms with Gasteiger partial charge in [-0.2, -0.15) is 0 Å². The number of fused-ring (bicyclic) bond motifs is 2. The Morgan fingerprint density at radius 2 is 1.50 bits per heavy atom. The van der Waals surface area contributed by atoms with Crippen molar-refractivity contribution in [1.29, 1.82) is 0 Å². The number of para-hydroxylation sites is 2. The first-order chi connectivity index (χ1) is 26.0. The quantitative estimate of drug-likeness (QED) is 0.150. The van der Waals surface area contributed by atoms with Gasteiger partial charge in [-0.15, -0.1) is 35.9 Å². The van der Waals surface area contributed by atoms with Gasteiger partial charge in [0.05, 0.1) is 16.9 Å². The van der Waals surface area contributed by atoms with Gasteiger partial charge in [0.1, 0.15) is 0 Å². The van der Waals surface area contributed by atoms with E-state index in [9.17, 15) is 0 Å². The minimum Gasteiger partial charge on any atom is -0.557 e. The first-order valence-corrected chi connectivity index (χ1v) is 17.5. The summed E-state index contributed by atoms with van der Waals surface area (Å²) < 4.78 is 30.0. The van der Waals surface area contributed by atoms with Crippen molar-refractivity contribution in [3.05, 3.63) is 168 Å². The molecule has 0 saturated carbocycles. The smallest absolute Gasteiger partial charge is 0.0770 e. The van der Waals surface area contributed by atoms with Crippen LogP contribution in [0.4, 0.5) is 0 Å². The Kier molecular flexibility index (Phi) is 10.1. The molecule has 5 heteroatoms. The van der Waals surface area contributed by atoms with E-state index in [1.165, 1.54) is 34.0 Å². The molecule has 0 aliphatic heterocycles. The largest absolute Gasteiger partial charge is 0.557 e. The molecule has 5 aromatic carbocycles. The van der Waals surface area contributed by atoms with E-state index in [0.29, 0.717) is 11.8 Å². The van der Waals surface area contributed by atoms with Crippen LogP contribution in [0.5, 0.6) is 0 Å². The van der Waals surface area contributed by atoms with Crippen molar-refractivity contribution in [1.82, 2.24) is 14.5 Å². The molecule has 0 unspecified atom stereocenters. The van der Waals surface area contributed by atoms with E-state index in [1.54, 1.807) is 18.2 Å². The Morgan fingerprint density at radius 1 is 0.769 bits per heavy atom. The molecule has 0 bridgehead atoms. The van der Waals surface area contributed by atoms with Crippen LogP contribution in [0, 0.1) is 26.1 Å². The van der Waals surface area contributed by atoms with Gasteiger partial charge in [-0.25, -0.2) is 0 Å². The van der Waals surface area contributed by atoms with E-state index in [2.05, 4.69) is 129 Å². The van der Waals surface area contributed by atoms with E-state index < -0.39 is 6.85 Å². The van der Waals surface area contributed by atoms with Crippen LogP contribution >= 0.6 is 0 Å². The third kappa shape index (κ3) is 7.72. The average Bonchev–Trinajstić information content (AvgIpc) is 3.76. The van der Waals surface area contributed by atoms with Crippen molar-refractivity contribution in [3.63, 3.8) is 0 Å². The van der Waals surface area contributed by atoms with Crippen molar-refractivity contribution in [2.75, 3.05) is 0 Å². The number of hydrogen-bond acceptors (Lipinski definition) is 3. The molecular formula is C47H43IrN3O-2. The minimum absolute atomic E-state index is 0. The van der Waals surface area contributed by atoms with Gasteiger partial charge in [0.25, 0.3) is 0 Å². The zero-order valence-corrected chi connectivity index (χ0v) is 32.5. The Hall–Kier alpha value is -5.09. The molecule has 0 aliphatic rings. The summed E-state index contributed by atoms with van der Waals surface area (Å²) in [5.41, 5.74) is 13.5. The summed E-state index contributed by atoms with van der Waals surface area (Å²) >= 11 is 0. The average molecular weight is 861 g/mol. The molecule has 0 spiro atoms. The predicted octanol–water partition coefficient (Wildman–Crippen LogP) is 12.4. The van der Waals surface area contributed by atoms with Crippen LogP contribution < -0.4 is 0 Å². The summed E-state index contributed by atoms with van der Waals surface area (Å²) in [5, 5.41) is 1.03. The molecule has 0 aliphatic carbocycles. The summed E-state index contributed by atoms with van der Waals surface area (Å²) in [6, 6.07) is 43.7. The number of furan rings is 1. The van der Waals surface area contributed by atoms with Crippen LogP contribution in [0.2, 0.25) is 0 Å². The van der Waals surface area contributed by atoms with E-state index in [-0.39, 0.29) is 25.7 Å². The van der Waals surface area contributed by atoms with Gasteiger partial charge in [0.15, 0.2) is 0 Å². The van der Waals surface area contributed by atoms with Crippen molar-refractivity contribution in [2.45, 2.75) is 59.9 Å². The third-order valence-corrected chi connectivity index (χ3v) is 9.27. The number of nitrogens with zero attached hydrogens (tertiary/aromatic N) is 3. The van der Waals surface area contributed by atoms with Crippen LogP contribution in [0.25, 0.3) is 55.8 Å². The van der Waals surface area contributed by atoms with E-state index in [4.69, 9.17) is 13.5 Å². The van der Waals surface area contributed by atoms with Crippen molar-refractivity contribution in [2.24, 2.45) is 0 Å². The normalized spacial score (nSPS) is 12.2. The number of aryl methyl sites for hydroxylation is 2. The second kappa shape index (κ2) is 16.1. The van der Waals surface area contributed by atoms with E-state index in [1.807, 2.05) is 30.3 Å².